The van der Waals surface area contributed by atoms with Crippen molar-refractivity contribution in [3.63, 3.8) is 0 Å². The van der Waals surface area contributed by atoms with Gasteiger partial charge in [0.05, 0.1) is 0 Å². The van der Waals surface area contributed by atoms with E-state index in [4.69, 9.17) is 0 Å². The summed E-state index contributed by atoms with van der Waals surface area (Å²) < 4.78 is 0. The lowest BCUT2D eigenvalue weighted by molar-refractivity contribution is 0.962. The molecule has 0 saturated carbocycles. The van der Waals surface area contributed by atoms with E-state index < -0.39 is 0 Å². The van der Waals surface area contributed by atoms with Crippen molar-refractivity contribution < 1.29 is 0 Å². The predicted molar refractivity (Wildman–Crippen MR) is 43.5 cm³/mol. The van der Waals surface area contributed by atoms with Gasteiger partial charge in [-0.05, 0) is 19.8 Å². The van der Waals surface area contributed by atoms with Crippen LogP contribution in [0.4, 0.5) is 0 Å². The summed E-state index contributed by atoms with van der Waals surface area (Å²) in [6, 6.07) is 0. The van der Waals surface area contributed by atoms with Gasteiger partial charge in [0, 0.05) is 0 Å². The molecule has 0 heteroatoms. The summed E-state index contributed by atoms with van der Waals surface area (Å²) in [5.41, 5.74) is 1.50. The minimum absolute atomic E-state index is 1.24. The van der Waals surface area contributed by atoms with E-state index in [0.29, 0.717) is 0 Å². The fourth-order valence-corrected chi connectivity index (χ4v) is 0.723. The fourth-order valence-electron chi connectivity index (χ4n) is 0.723. The molecule has 0 aliphatic heterocycles. The zero-order chi connectivity index (χ0) is 7.11. The summed E-state index contributed by atoms with van der Waals surface area (Å²) >= 11 is 0. The molecule has 0 nitrogen and oxygen atoms in total. The van der Waals surface area contributed by atoms with E-state index in [1.54, 1.807) is 0 Å². The lowest BCUT2D eigenvalue weighted by Crippen LogP contribution is -1.78. The maximum atomic E-state index is 2.20. The summed E-state index contributed by atoms with van der Waals surface area (Å²) in [5.74, 6) is 0. The molecule has 0 saturated heterocycles. The molecule has 0 fully saturated rings. The number of rotatable bonds is 0. The van der Waals surface area contributed by atoms with Crippen molar-refractivity contribution >= 4 is 0 Å². The van der Waals surface area contributed by atoms with Crippen molar-refractivity contribution in [2.45, 2.75) is 33.6 Å². The van der Waals surface area contributed by atoms with Crippen molar-refractivity contribution in [3.8, 4) is 0 Å². The van der Waals surface area contributed by atoms with E-state index in [0.717, 1.165) is 0 Å². The van der Waals surface area contributed by atoms with E-state index in [1.165, 1.54) is 18.4 Å². The lowest BCUT2D eigenvalue weighted by Gasteiger charge is -1.98. The Morgan fingerprint density at radius 1 is 1.33 bits per heavy atom. The zero-order valence-corrected chi connectivity index (χ0v) is 6.65. The molecule has 0 spiro atoms. The van der Waals surface area contributed by atoms with Crippen molar-refractivity contribution in [1.29, 1.82) is 0 Å². The van der Waals surface area contributed by atoms with E-state index in [9.17, 15) is 0 Å². The topological polar surface area (TPSA) is 0 Å². The summed E-state index contributed by atoms with van der Waals surface area (Å²) in [5, 5.41) is 0. The molecule has 0 bridgehead atoms. The zero-order valence-electron chi connectivity index (χ0n) is 6.65. The first kappa shape index (κ1) is 8.48. The van der Waals surface area contributed by atoms with E-state index in [1.807, 2.05) is 13.8 Å². The van der Waals surface area contributed by atoms with Gasteiger partial charge in [0.25, 0.3) is 0 Å². The highest BCUT2D eigenvalue weighted by Gasteiger charge is 1.88. The lowest BCUT2D eigenvalue weighted by atomic mass is 10.1. The smallest absolute Gasteiger partial charge is 0.0285 e. The molecular formula is C9H16. The molecule has 0 aromatic rings. The number of hydrogen-bond acceptors (Lipinski definition) is 0. The molecule has 0 heterocycles. The Labute approximate surface area is 58.3 Å². The quantitative estimate of drug-likeness (QED) is 0.464. The molecule has 0 aromatic heterocycles. The van der Waals surface area contributed by atoms with Crippen LogP contribution in [0.25, 0.3) is 0 Å². The second-order valence-electron chi connectivity index (χ2n) is 1.98. The predicted octanol–water partition coefficient (Wildman–Crippen LogP) is 3.31. The molecular weight excluding hydrogens is 108 g/mol. The average molecular weight is 124 g/mol. The van der Waals surface area contributed by atoms with Gasteiger partial charge in [0.15, 0.2) is 0 Å². The standard InChI is InChI=1S/C7H10.C2H6/c1-7-5-3-2-4-6-7;1-2/h2-3,5H,4,6H2,1H3;1-2H3. The van der Waals surface area contributed by atoms with Crippen LogP contribution in [-0.2, 0) is 0 Å². The van der Waals surface area contributed by atoms with Crippen molar-refractivity contribution in [1.82, 2.24) is 0 Å². The monoisotopic (exact) mass is 124 g/mol. The minimum atomic E-state index is 1.24. The van der Waals surface area contributed by atoms with E-state index in [-0.39, 0.29) is 0 Å². The molecule has 0 radical (unpaired) electrons. The normalized spacial score (nSPS) is 15.7. The fraction of sp³-hybridized carbons (Fsp3) is 0.556. The SMILES string of the molecule is CC.CC1=CC=CCC1. The van der Waals surface area contributed by atoms with Crippen LogP contribution < -0.4 is 0 Å². The summed E-state index contributed by atoms with van der Waals surface area (Å²) in [6.45, 7) is 6.17. The van der Waals surface area contributed by atoms with Crippen LogP contribution in [0.5, 0.6) is 0 Å². The molecule has 9 heavy (non-hydrogen) atoms. The van der Waals surface area contributed by atoms with Gasteiger partial charge in [0.1, 0.15) is 0 Å². The molecule has 52 valence electrons. The van der Waals surface area contributed by atoms with Gasteiger partial charge < -0.3 is 0 Å². The summed E-state index contributed by atoms with van der Waals surface area (Å²) in [7, 11) is 0. The second kappa shape index (κ2) is 5.61. The number of hydrogen-bond donors (Lipinski definition) is 0. The largest absolute Gasteiger partial charge is 0.0842 e. The van der Waals surface area contributed by atoms with Gasteiger partial charge in [-0.1, -0.05) is 37.6 Å². The van der Waals surface area contributed by atoms with Crippen LogP contribution in [0.3, 0.4) is 0 Å². The summed E-state index contributed by atoms with van der Waals surface area (Å²) in [6.07, 6.45) is 8.99. The highest BCUT2D eigenvalue weighted by molar-refractivity contribution is 5.15. The molecule has 0 atom stereocenters. The molecule has 1 rings (SSSR count). The number of allylic oxidation sites excluding steroid dienone is 4. The third kappa shape index (κ3) is 4.01. The summed E-state index contributed by atoms with van der Waals surface area (Å²) in [4.78, 5) is 0. The molecule has 1 aliphatic rings. The van der Waals surface area contributed by atoms with Gasteiger partial charge in [-0.3, -0.25) is 0 Å². The van der Waals surface area contributed by atoms with Crippen LogP contribution in [-0.4, -0.2) is 0 Å². The molecule has 1 aliphatic carbocycles. The maximum absolute atomic E-state index is 2.20. The molecule has 0 unspecified atom stereocenters. The van der Waals surface area contributed by atoms with E-state index >= 15 is 0 Å². The Morgan fingerprint density at radius 2 is 2.00 bits per heavy atom. The highest BCUT2D eigenvalue weighted by atomic mass is 13.9. The van der Waals surface area contributed by atoms with Gasteiger partial charge in [-0.15, -0.1) is 0 Å². The Balaban J connectivity index is 0.000000291. The van der Waals surface area contributed by atoms with Gasteiger partial charge in [0.2, 0.25) is 0 Å². The Bertz CT molecular complexity index is 107. The third-order valence-corrected chi connectivity index (χ3v) is 1.22. The Morgan fingerprint density at radius 3 is 2.22 bits per heavy atom. The van der Waals surface area contributed by atoms with Gasteiger partial charge in [-0.25, -0.2) is 0 Å². The Kier molecular flexibility index (Phi) is 5.29. The van der Waals surface area contributed by atoms with Crippen LogP contribution in [0.15, 0.2) is 23.8 Å². The first-order chi connectivity index (χ1) is 4.39. The maximum Gasteiger partial charge on any atom is -0.0285 e. The van der Waals surface area contributed by atoms with Crippen molar-refractivity contribution in [2.75, 3.05) is 0 Å². The average Bonchev–Trinajstić information content (AvgIpc) is 1.94. The van der Waals surface area contributed by atoms with Crippen molar-refractivity contribution in [2.24, 2.45) is 0 Å². The van der Waals surface area contributed by atoms with Crippen molar-refractivity contribution in [3.05, 3.63) is 23.8 Å². The van der Waals surface area contributed by atoms with Crippen LogP contribution in [0, 0.1) is 0 Å². The van der Waals surface area contributed by atoms with Crippen LogP contribution >= 0.6 is 0 Å². The minimum Gasteiger partial charge on any atom is -0.0842 e. The van der Waals surface area contributed by atoms with Crippen LogP contribution in [0.2, 0.25) is 0 Å². The Hall–Kier alpha value is -0.520. The first-order valence-electron chi connectivity index (χ1n) is 3.72. The van der Waals surface area contributed by atoms with E-state index in [2.05, 4.69) is 25.2 Å². The van der Waals surface area contributed by atoms with Gasteiger partial charge >= 0.3 is 0 Å². The molecule has 0 N–H and O–H groups in total. The third-order valence-electron chi connectivity index (χ3n) is 1.22. The van der Waals surface area contributed by atoms with Crippen LogP contribution in [0.1, 0.15) is 33.6 Å². The molecule has 0 amide bonds. The highest BCUT2D eigenvalue weighted by Crippen LogP contribution is 2.08. The first-order valence-corrected chi connectivity index (χ1v) is 3.72. The second-order valence-corrected chi connectivity index (χ2v) is 1.98. The molecule has 0 aromatic carbocycles. The van der Waals surface area contributed by atoms with Gasteiger partial charge in [-0.2, -0.15) is 0 Å².